The smallest absolute Gasteiger partial charge is 0.172 e. The normalized spacial score (nSPS) is 11.5. The van der Waals surface area contributed by atoms with E-state index in [1.165, 1.54) is 9.77 Å². The van der Waals surface area contributed by atoms with E-state index in [9.17, 15) is 4.79 Å². The van der Waals surface area contributed by atoms with Gasteiger partial charge < -0.3 is 10.5 Å². The second kappa shape index (κ2) is 9.41. The Morgan fingerprint density at radius 3 is 2.64 bits per heavy atom. The highest BCUT2D eigenvalue weighted by molar-refractivity contribution is 7.98. The predicted molar refractivity (Wildman–Crippen MR) is 108 cm³/mol. The van der Waals surface area contributed by atoms with Gasteiger partial charge >= 0.3 is 0 Å². The molecular formula is C20H26NO2S2. The van der Waals surface area contributed by atoms with Gasteiger partial charge in [-0.25, -0.2) is 0 Å². The van der Waals surface area contributed by atoms with Gasteiger partial charge in [-0.15, -0.1) is 23.1 Å². The zero-order chi connectivity index (χ0) is 18.3. The highest BCUT2D eigenvalue weighted by Crippen LogP contribution is 2.22. The Kier molecular flexibility index (Phi) is 7.54. The largest absolute Gasteiger partial charge is 0.494 e. The summed E-state index contributed by atoms with van der Waals surface area (Å²) in [6.07, 6.45) is 4.95. The molecular weight excluding hydrogens is 350 g/mol. The molecule has 0 aliphatic carbocycles. The van der Waals surface area contributed by atoms with E-state index >= 15 is 0 Å². The fourth-order valence-corrected chi connectivity index (χ4v) is 3.67. The summed E-state index contributed by atoms with van der Waals surface area (Å²) in [6, 6.07) is 11.9. The summed E-state index contributed by atoms with van der Waals surface area (Å²) in [6.45, 7) is 6.38. The molecule has 1 aromatic heterocycles. The van der Waals surface area contributed by atoms with Crippen molar-refractivity contribution in [1.29, 1.82) is 0 Å². The van der Waals surface area contributed by atoms with Gasteiger partial charge in [-0.2, -0.15) is 0 Å². The van der Waals surface area contributed by atoms with Crippen molar-refractivity contribution in [2.24, 2.45) is 5.73 Å². The fourth-order valence-electron chi connectivity index (χ4n) is 2.29. The molecule has 1 unspecified atom stereocenters. The summed E-state index contributed by atoms with van der Waals surface area (Å²) in [7, 11) is 0. The molecule has 0 fully saturated rings. The van der Waals surface area contributed by atoms with Gasteiger partial charge in [-0.3, -0.25) is 4.79 Å². The first-order chi connectivity index (χ1) is 11.9. The maximum Gasteiger partial charge on any atom is 0.172 e. The summed E-state index contributed by atoms with van der Waals surface area (Å²) in [5, 5.41) is 0. The minimum absolute atomic E-state index is 0.183. The van der Waals surface area contributed by atoms with Crippen molar-refractivity contribution in [1.82, 2.24) is 0 Å². The first kappa shape index (κ1) is 20.0. The molecule has 0 saturated heterocycles. The molecule has 135 valence electrons. The third-order valence-corrected chi connectivity index (χ3v) is 5.68. The second-order valence-corrected chi connectivity index (χ2v) is 8.52. The van der Waals surface area contributed by atoms with Crippen molar-refractivity contribution >= 4 is 28.9 Å². The molecule has 1 aromatic carbocycles. The monoisotopic (exact) mass is 376 g/mol. The lowest BCUT2D eigenvalue weighted by Gasteiger charge is -2.16. The number of ether oxygens (including phenoxy) is 1. The molecule has 3 nitrogen and oxygen atoms in total. The molecule has 0 aliphatic heterocycles. The maximum absolute atomic E-state index is 12.3. The molecule has 0 saturated carbocycles. The molecule has 0 bridgehead atoms. The van der Waals surface area contributed by atoms with Gasteiger partial charge in [-0.1, -0.05) is 0 Å². The number of benzene rings is 1. The number of carbonyl (C=O) groups excluding carboxylic acids is 1. The summed E-state index contributed by atoms with van der Waals surface area (Å²) in [4.78, 5) is 15.5. The predicted octanol–water partition coefficient (Wildman–Crippen LogP) is 5.00. The van der Waals surface area contributed by atoms with Crippen LogP contribution in [-0.4, -0.2) is 24.2 Å². The van der Waals surface area contributed by atoms with Crippen LogP contribution in [0.1, 0.15) is 40.7 Å². The third-order valence-electron chi connectivity index (χ3n) is 3.76. The van der Waals surface area contributed by atoms with Gasteiger partial charge in [-0.05, 0) is 75.8 Å². The molecule has 25 heavy (non-hydrogen) atoms. The molecule has 2 N–H and O–H groups in total. The van der Waals surface area contributed by atoms with Crippen LogP contribution in [0.2, 0.25) is 0 Å². The topological polar surface area (TPSA) is 52.3 Å². The second-order valence-electron chi connectivity index (χ2n) is 6.47. The summed E-state index contributed by atoms with van der Waals surface area (Å²) >= 11 is 3.27. The Bertz CT molecular complexity index is 672. The number of rotatable bonds is 10. The minimum Gasteiger partial charge on any atom is -0.494 e. The first-order valence-corrected chi connectivity index (χ1v) is 10.4. The van der Waals surface area contributed by atoms with Gasteiger partial charge in [0.1, 0.15) is 5.75 Å². The Labute approximate surface area is 159 Å². The summed E-state index contributed by atoms with van der Waals surface area (Å²) in [5.41, 5.74) is 5.49. The summed E-state index contributed by atoms with van der Waals surface area (Å²) < 4.78 is 5.69. The number of hydrogen-bond donors (Lipinski definition) is 1. The average Bonchev–Trinajstić information content (AvgIpc) is 3.06. The van der Waals surface area contributed by atoms with E-state index in [0.717, 1.165) is 29.9 Å². The van der Waals surface area contributed by atoms with Crippen LogP contribution in [0.15, 0.2) is 41.3 Å². The number of thiophene rings is 1. The summed E-state index contributed by atoms with van der Waals surface area (Å²) in [5.74, 6) is 1.03. The quantitative estimate of drug-likeness (QED) is 0.360. The van der Waals surface area contributed by atoms with E-state index in [4.69, 9.17) is 10.5 Å². The van der Waals surface area contributed by atoms with Crippen molar-refractivity contribution < 1.29 is 9.53 Å². The number of ketones is 1. The van der Waals surface area contributed by atoms with Crippen LogP contribution >= 0.6 is 23.1 Å². The van der Waals surface area contributed by atoms with Gasteiger partial charge in [0.25, 0.3) is 0 Å². The van der Waals surface area contributed by atoms with Crippen LogP contribution in [0.25, 0.3) is 0 Å². The van der Waals surface area contributed by atoms with E-state index in [1.54, 1.807) is 23.1 Å². The number of Topliss-reactive ketones (excluding diaryl/α,β-unsaturated/α-hetero) is 1. The van der Waals surface area contributed by atoms with Gasteiger partial charge in [0.15, 0.2) is 5.78 Å². The molecule has 0 amide bonds. The van der Waals surface area contributed by atoms with Crippen LogP contribution in [0.4, 0.5) is 0 Å². The molecule has 0 spiro atoms. The number of thioether (sulfide) groups is 1. The van der Waals surface area contributed by atoms with Crippen molar-refractivity contribution in [2.75, 3.05) is 12.9 Å². The van der Waals surface area contributed by atoms with E-state index in [0.29, 0.717) is 13.0 Å². The van der Waals surface area contributed by atoms with Crippen molar-refractivity contribution in [3.05, 3.63) is 53.1 Å². The van der Waals surface area contributed by atoms with Crippen LogP contribution in [-0.2, 0) is 6.42 Å². The fraction of sp³-hybridized carbons (Fsp3) is 0.400. The average molecular weight is 377 g/mol. The zero-order valence-corrected chi connectivity index (χ0v) is 16.6. The number of hydrogen-bond acceptors (Lipinski definition) is 5. The third kappa shape index (κ3) is 7.22. The van der Waals surface area contributed by atoms with Gasteiger partial charge in [0, 0.05) is 21.7 Å². The highest BCUT2D eigenvalue weighted by Gasteiger charge is 2.13. The lowest BCUT2D eigenvalue weighted by molar-refractivity contribution is 0.0977. The Balaban J connectivity index is 1.72. The molecule has 5 heteroatoms. The molecule has 2 aromatic rings. The Morgan fingerprint density at radius 1 is 1.28 bits per heavy atom. The lowest BCUT2D eigenvalue weighted by Crippen LogP contribution is -2.32. The van der Waals surface area contributed by atoms with Crippen LogP contribution in [0.3, 0.4) is 0 Å². The molecule has 1 heterocycles. The minimum atomic E-state index is -0.417. The number of carbonyl (C=O) groups is 1. The van der Waals surface area contributed by atoms with E-state index in [1.807, 2.05) is 49.6 Å². The van der Waals surface area contributed by atoms with Gasteiger partial charge in [0.05, 0.1) is 11.5 Å². The van der Waals surface area contributed by atoms with Crippen molar-refractivity contribution in [3.8, 4) is 5.75 Å². The molecule has 1 atom stereocenters. The van der Waals surface area contributed by atoms with E-state index in [2.05, 4.69) is 6.92 Å². The molecule has 1 radical (unpaired) electrons. The van der Waals surface area contributed by atoms with Gasteiger partial charge in [0.2, 0.25) is 0 Å². The first-order valence-electron chi connectivity index (χ1n) is 8.40. The number of aryl methyl sites for hydroxylation is 1. The lowest BCUT2D eigenvalue weighted by atomic mass is 10.00. The standard InChI is InChI=1S/C20H26NO2S2/c1-20(2,21)13-12-17-10-11-19(25-17)18(22)5-4-14-23-15-6-8-16(24-3)9-7-15/h6-11H,1,4-5,12-14,21H2,2-3H3. The maximum atomic E-state index is 12.3. The number of nitrogens with two attached hydrogens (primary N) is 1. The Hall–Kier alpha value is -1.30. The van der Waals surface area contributed by atoms with E-state index in [-0.39, 0.29) is 5.78 Å². The van der Waals surface area contributed by atoms with E-state index < -0.39 is 5.54 Å². The van der Waals surface area contributed by atoms with Crippen LogP contribution < -0.4 is 10.5 Å². The zero-order valence-electron chi connectivity index (χ0n) is 14.9. The SMILES string of the molecule is [CH2]C(C)(N)CCc1ccc(C(=O)CCCOc2ccc(SC)cc2)s1. The van der Waals surface area contributed by atoms with Crippen LogP contribution in [0, 0.1) is 6.92 Å². The molecule has 2 rings (SSSR count). The van der Waals surface area contributed by atoms with Crippen molar-refractivity contribution in [2.45, 2.75) is 43.0 Å². The Morgan fingerprint density at radius 2 is 2.00 bits per heavy atom. The van der Waals surface area contributed by atoms with Crippen molar-refractivity contribution in [3.63, 3.8) is 0 Å². The molecule has 0 aliphatic rings. The van der Waals surface area contributed by atoms with Crippen LogP contribution in [0.5, 0.6) is 5.75 Å². The highest BCUT2D eigenvalue weighted by atomic mass is 32.2.